The highest BCUT2D eigenvalue weighted by Gasteiger charge is 2.24. The number of benzene rings is 1. The normalized spacial score (nSPS) is 16.8. The van der Waals surface area contributed by atoms with Gasteiger partial charge in [-0.15, -0.1) is 10.2 Å². The van der Waals surface area contributed by atoms with Gasteiger partial charge in [0.25, 0.3) is 0 Å². The third-order valence-corrected chi connectivity index (χ3v) is 5.82. The number of anilines is 3. The van der Waals surface area contributed by atoms with Gasteiger partial charge in [0, 0.05) is 44.0 Å². The lowest BCUT2D eigenvalue weighted by molar-refractivity contribution is 0.477. The predicted octanol–water partition coefficient (Wildman–Crippen LogP) is 2.56. The third kappa shape index (κ3) is 5.20. The molecule has 0 unspecified atom stereocenters. The summed E-state index contributed by atoms with van der Waals surface area (Å²) in [6.07, 6.45) is 6.68. The van der Waals surface area contributed by atoms with Crippen LogP contribution in [0.3, 0.4) is 0 Å². The molecule has 0 bridgehead atoms. The molecule has 1 aliphatic heterocycles. The monoisotopic (exact) mass is 446 g/mol. The first kappa shape index (κ1) is 22.5. The van der Waals surface area contributed by atoms with Crippen molar-refractivity contribution in [2.45, 2.75) is 19.4 Å². The topological polar surface area (TPSA) is 116 Å². The second kappa shape index (κ2) is 10.3. The molecule has 0 radical (unpaired) electrons. The van der Waals surface area contributed by atoms with Crippen molar-refractivity contribution >= 4 is 23.4 Å². The lowest BCUT2D eigenvalue weighted by Crippen LogP contribution is -2.35. The van der Waals surface area contributed by atoms with Crippen LogP contribution in [0.25, 0.3) is 17.3 Å². The van der Waals surface area contributed by atoms with Crippen LogP contribution < -0.4 is 20.9 Å². The van der Waals surface area contributed by atoms with Crippen LogP contribution in [0.2, 0.25) is 0 Å². The zero-order chi connectivity index (χ0) is 23.2. The summed E-state index contributed by atoms with van der Waals surface area (Å²) in [5.41, 5.74) is 8.28. The van der Waals surface area contributed by atoms with E-state index in [-0.39, 0.29) is 5.75 Å². The molecule has 172 valence electrons. The van der Waals surface area contributed by atoms with E-state index in [9.17, 15) is 5.11 Å². The van der Waals surface area contributed by atoms with Gasteiger partial charge in [-0.05, 0) is 50.7 Å². The van der Waals surface area contributed by atoms with Crippen molar-refractivity contribution in [3.8, 4) is 17.0 Å². The van der Waals surface area contributed by atoms with Gasteiger partial charge in [-0.25, -0.2) is 9.97 Å². The predicted molar refractivity (Wildman–Crippen MR) is 132 cm³/mol. The summed E-state index contributed by atoms with van der Waals surface area (Å²) in [6.45, 7) is 5.35. The SMILES string of the molecule is CNC/C=C/c1nccc(N2CCN(c3cc(-c4ccccc4O)nnc3N)CC[C@@H]2C)n1. The van der Waals surface area contributed by atoms with Crippen molar-refractivity contribution in [1.29, 1.82) is 0 Å². The van der Waals surface area contributed by atoms with Crippen molar-refractivity contribution in [3.05, 3.63) is 54.5 Å². The zero-order valence-electron chi connectivity index (χ0n) is 19.0. The van der Waals surface area contributed by atoms with Gasteiger partial charge in [0.2, 0.25) is 0 Å². The average molecular weight is 447 g/mol. The van der Waals surface area contributed by atoms with Crippen molar-refractivity contribution in [3.63, 3.8) is 0 Å². The van der Waals surface area contributed by atoms with Crippen molar-refractivity contribution in [2.24, 2.45) is 0 Å². The fourth-order valence-electron chi connectivity index (χ4n) is 3.99. The van der Waals surface area contributed by atoms with E-state index in [4.69, 9.17) is 10.7 Å². The number of hydrogen-bond acceptors (Lipinski definition) is 9. The lowest BCUT2D eigenvalue weighted by Gasteiger charge is -2.28. The molecule has 0 amide bonds. The molecule has 1 fully saturated rings. The molecular formula is C24H30N8O. The standard InChI is InChI=1S/C24H30N8O/c1-17-10-13-31(14-15-32(17)23-9-12-27-22(28-23)8-5-11-26-2)20-16-19(29-30-24(20)25)18-6-3-4-7-21(18)33/h3-9,12,16-17,26,33H,10-11,13-15H2,1-2H3,(H2,25,30)/b8-5+/t17-/m0/s1. The number of phenols is 1. The smallest absolute Gasteiger partial charge is 0.169 e. The van der Waals surface area contributed by atoms with E-state index in [1.807, 2.05) is 43.5 Å². The number of aromatic nitrogens is 4. The number of nitrogens with two attached hydrogens (primary N) is 1. The van der Waals surface area contributed by atoms with Crippen molar-refractivity contribution < 1.29 is 5.11 Å². The summed E-state index contributed by atoms with van der Waals surface area (Å²) >= 11 is 0. The molecule has 1 aliphatic rings. The van der Waals surface area contributed by atoms with Crippen LogP contribution in [-0.2, 0) is 0 Å². The second-order valence-electron chi connectivity index (χ2n) is 8.07. The molecule has 0 saturated carbocycles. The average Bonchev–Trinajstić information content (AvgIpc) is 3.02. The number of phenolic OH excluding ortho intramolecular Hbond substituents is 1. The first-order valence-corrected chi connectivity index (χ1v) is 11.1. The highest BCUT2D eigenvalue weighted by atomic mass is 16.3. The number of rotatable bonds is 6. The lowest BCUT2D eigenvalue weighted by atomic mass is 10.1. The van der Waals surface area contributed by atoms with Gasteiger partial charge in [0.15, 0.2) is 11.6 Å². The molecule has 3 heterocycles. The summed E-state index contributed by atoms with van der Waals surface area (Å²) < 4.78 is 0. The van der Waals surface area contributed by atoms with E-state index in [0.29, 0.717) is 28.9 Å². The molecule has 4 N–H and O–H groups in total. The largest absolute Gasteiger partial charge is 0.507 e. The van der Waals surface area contributed by atoms with Crippen LogP contribution in [0.15, 0.2) is 48.7 Å². The highest BCUT2D eigenvalue weighted by molar-refractivity contribution is 5.74. The number of likely N-dealkylation sites (N-methyl/N-ethyl adjacent to an activating group) is 1. The number of nitrogens with one attached hydrogen (secondary N) is 1. The number of nitrogens with zero attached hydrogens (tertiary/aromatic N) is 6. The van der Waals surface area contributed by atoms with Crippen molar-refractivity contribution in [2.75, 3.05) is 48.8 Å². The van der Waals surface area contributed by atoms with Gasteiger partial charge in [0.05, 0.1) is 11.4 Å². The van der Waals surface area contributed by atoms with Crippen LogP contribution in [0.5, 0.6) is 5.75 Å². The van der Waals surface area contributed by atoms with Gasteiger partial charge in [-0.1, -0.05) is 18.2 Å². The molecule has 1 atom stereocenters. The fraction of sp³-hybridized carbons (Fsp3) is 0.333. The maximum atomic E-state index is 10.2. The van der Waals surface area contributed by atoms with Crippen LogP contribution in [0, 0.1) is 0 Å². The van der Waals surface area contributed by atoms with E-state index in [1.54, 1.807) is 18.3 Å². The fourth-order valence-corrected chi connectivity index (χ4v) is 3.99. The molecule has 9 heteroatoms. The number of hydrogen-bond donors (Lipinski definition) is 3. The minimum atomic E-state index is 0.168. The van der Waals surface area contributed by atoms with E-state index in [1.165, 1.54) is 0 Å². The minimum Gasteiger partial charge on any atom is -0.507 e. The van der Waals surface area contributed by atoms with Crippen LogP contribution >= 0.6 is 0 Å². The minimum absolute atomic E-state index is 0.168. The molecule has 9 nitrogen and oxygen atoms in total. The Labute approximate surface area is 194 Å². The highest BCUT2D eigenvalue weighted by Crippen LogP contribution is 2.32. The molecule has 2 aromatic heterocycles. The number of aromatic hydroxyl groups is 1. The van der Waals surface area contributed by atoms with E-state index in [2.05, 4.69) is 37.2 Å². The van der Waals surface area contributed by atoms with Gasteiger partial charge in [0.1, 0.15) is 11.6 Å². The Morgan fingerprint density at radius 1 is 1.18 bits per heavy atom. The maximum Gasteiger partial charge on any atom is 0.169 e. The Bertz CT molecular complexity index is 1120. The first-order valence-electron chi connectivity index (χ1n) is 11.1. The third-order valence-electron chi connectivity index (χ3n) is 5.82. The van der Waals surface area contributed by atoms with E-state index in [0.717, 1.165) is 44.1 Å². The Kier molecular flexibility index (Phi) is 6.99. The molecule has 0 spiro atoms. The maximum absolute atomic E-state index is 10.2. The van der Waals surface area contributed by atoms with Crippen LogP contribution in [0.4, 0.5) is 17.3 Å². The molecule has 4 rings (SSSR count). The van der Waals surface area contributed by atoms with E-state index < -0.39 is 0 Å². The second-order valence-corrected chi connectivity index (χ2v) is 8.07. The van der Waals surface area contributed by atoms with Crippen molar-refractivity contribution in [1.82, 2.24) is 25.5 Å². The van der Waals surface area contributed by atoms with Gasteiger partial charge < -0.3 is 26.0 Å². The molecule has 1 saturated heterocycles. The summed E-state index contributed by atoms with van der Waals surface area (Å²) in [4.78, 5) is 13.7. The summed E-state index contributed by atoms with van der Waals surface area (Å²) in [5.74, 6) is 2.17. The van der Waals surface area contributed by atoms with Crippen LogP contribution in [-0.4, -0.2) is 64.5 Å². The molecule has 0 aliphatic carbocycles. The van der Waals surface area contributed by atoms with E-state index >= 15 is 0 Å². The number of nitrogen functional groups attached to an aromatic ring is 1. The first-order chi connectivity index (χ1) is 16.1. The molecule has 33 heavy (non-hydrogen) atoms. The van der Waals surface area contributed by atoms with Crippen LogP contribution in [0.1, 0.15) is 19.2 Å². The summed E-state index contributed by atoms with van der Waals surface area (Å²) in [6, 6.07) is 11.3. The number of para-hydroxylation sites is 1. The zero-order valence-corrected chi connectivity index (χ0v) is 19.0. The molecule has 1 aromatic carbocycles. The summed E-state index contributed by atoms with van der Waals surface area (Å²) in [7, 11) is 1.91. The summed E-state index contributed by atoms with van der Waals surface area (Å²) in [5, 5.41) is 21.7. The Morgan fingerprint density at radius 2 is 2.03 bits per heavy atom. The Balaban J connectivity index is 1.55. The Hall–Kier alpha value is -3.72. The molecular weight excluding hydrogens is 416 g/mol. The van der Waals surface area contributed by atoms with Gasteiger partial charge in [-0.2, -0.15) is 0 Å². The van der Waals surface area contributed by atoms with Gasteiger partial charge in [-0.3, -0.25) is 0 Å². The quantitative estimate of drug-likeness (QED) is 0.525. The molecule has 3 aromatic rings. The Morgan fingerprint density at radius 3 is 2.85 bits per heavy atom. The van der Waals surface area contributed by atoms with Gasteiger partial charge >= 0.3 is 0 Å².